The van der Waals surface area contributed by atoms with Crippen molar-refractivity contribution in [1.82, 2.24) is 0 Å². The average molecular weight is 83.1 g/mol. The molecule has 0 amide bonds. The van der Waals surface area contributed by atoms with Crippen LogP contribution in [0.25, 0.3) is 0 Å². The first-order valence-electron chi connectivity index (χ1n) is 1.66. The molecular formula is C3H5N3. The molecular weight excluding hydrogens is 78.1 g/mol. The van der Waals surface area contributed by atoms with Gasteiger partial charge in [0.05, 0.1) is 17.5 Å². The van der Waals surface area contributed by atoms with Gasteiger partial charge in [-0.15, -0.1) is 0 Å². The highest BCUT2D eigenvalue weighted by Gasteiger charge is 2.34. The molecule has 0 radical (unpaired) electrons. The third kappa shape index (κ3) is 0.202. The predicted octanol–water partition coefficient (Wildman–Crippen LogP) is -0.633. The molecule has 1 aliphatic carbocycles. The summed E-state index contributed by atoms with van der Waals surface area (Å²) in [6.07, 6.45) is 0. The number of rotatable bonds is 0. The topological polar surface area (TPSA) is 73.7 Å². The number of hydrogen-bond acceptors (Lipinski definition) is 3. The Morgan fingerprint density at radius 3 is 1.50 bits per heavy atom. The third-order valence-electron chi connectivity index (χ3n) is 0.829. The molecule has 1 rings (SSSR count). The SMILES string of the molecule is N=C1C(=N)C1N. The monoisotopic (exact) mass is 83.0 g/mol. The summed E-state index contributed by atoms with van der Waals surface area (Å²) < 4.78 is 0. The predicted molar refractivity (Wildman–Crippen MR) is 23.4 cm³/mol. The second-order valence-electron chi connectivity index (χ2n) is 1.31. The molecule has 1 aliphatic rings. The standard InChI is InChI=1S/C3H5N3/c4-1-2(5)3(1)6/h1,5-6H,4H2. The van der Waals surface area contributed by atoms with Crippen LogP contribution in [0.3, 0.4) is 0 Å². The Balaban J connectivity index is 2.75. The van der Waals surface area contributed by atoms with Gasteiger partial charge in [-0.3, -0.25) is 0 Å². The molecule has 6 heavy (non-hydrogen) atoms. The van der Waals surface area contributed by atoms with E-state index < -0.39 is 0 Å². The zero-order valence-electron chi connectivity index (χ0n) is 3.15. The van der Waals surface area contributed by atoms with E-state index in [0.29, 0.717) is 0 Å². The van der Waals surface area contributed by atoms with Gasteiger partial charge >= 0.3 is 0 Å². The highest BCUT2D eigenvalue weighted by molar-refractivity contribution is 6.65. The maximum absolute atomic E-state index is 6.67. The van der Waals surface area contributed by atoms with Gasteiger partial charge in [0.2, 0.25) is 0 Å². The lowest BCUT2D eigenvalue weighted by Crippen LogP contribution is -2.01. The fourth-order valence-electron chi connectivity index (χ4n) is 0.240. The van der Waals surface area contributed by atoms with E-state index in [0.717, 1.165) is 0 Å². The lowest BCUT2D eigenvalue weighted by atomic mass is 10.8. The third-order valence-corrected chi connectivity index (χ3v) is 0.829. The normalized spacial score (nSPS) is 31.2. The van der Waals surface area contributed by atoms with Crippen molar-refractivity contribution in [2.75, 3.05) is 0 Å². The Morgan fingerprint density at radius 2 is 1.50 bits per heavy atom. The average Bonchev–Trinajstić information content (AvgIpc) is 1.94. The summed E-state index contributed by atoms with van der Waals surface area (Å²) in [5.41, 5.74) is 5.63. The molecule has 1 saturated carbocycles. The Kier molecular flexibility index (Phi) is 0.395. The summed E-state index contributed by atoms with van der Waals surface area (Å²) in [4.78, 5) is 0. The molecule has 0 aromatic heterocycles. The lowest BCUT2D eigenvalue weighted by Gasteiger charge is -1.58. The Hall–Kier alpha value is -0.700. The van der Waals surface area contributed by atoms with Crippen LogP contribution >= 0.6 is 0 Å². The molecule has 0 bridgehead atoms. The molecule has 0 spiro atoms. The quantitative estimate of drug-likeness (QED) is 0.358. The van der Waals surface area contributed by atoms with Crippen molar-refractivity contribution in [2.45, 2.75) is 6.04 Å². The summed E-state index contributed by atoms with van der Waals surface area (Å²) in [5.74, 6) is 0. The van der Waals surface area contributed by atoms with Gasteiger partial charge in [-0.1, -0.05) is 0 Å². The molecule has 0 saturated heterocycles. The van der Waals surface area contributed by atoms with Gasteiger partial charge < -0.3 is 16.6 Å². The largest absolute Gasteiger partial charge is 0.318 e. The highest BCUT2D eigenvalue weighted by atomic mass is 14.8. The van der Waals surface area contributed by atoms with Gasteiger partial charge in [0.25, 0.3) is 0 Å². The molecule has 0 aromatic rings. The maximum atomic E-state index is 6.67. The zero-order chi connectivity index (χ0) is 4.73. The van der Waals surface area contributed by atoms with Crippen LogP contribution in [0.15, 0.2) is 0 Å². The first-order chi connectivity index (χ1) is 2.73. The minimum absolute atomic E-state index is 0.287. The zero-order valence-corrected chi connectivity index (χ0v) is 3.15. The minimum atomic E-state index is -0.315. The number of hydrogen-bond donors (Lipinski definition) is 3. The molecule has 1 fully saturated rings. The van der Waals surface area contributed by atoms with Crippen molar-refractivity contribution in [3.05, 3.63) is 0 Å². The molecule has 0 atom stereocenters. The van der Waals surface area contributed by atoms with Crippen molar-refractivity contribution in [3.8, 4) is 0 Å². The molecule has 4 N–H and O–H groups in total. The Bertz CT molecular complexity index is 101. The first-order valence-corrected chi connectivity index (χ1v) is 1.66. The maximum Gasteiger partial charge on any atom is 0.0924 e. The van der Waals surface area contributed by atoms with Crippen molar-refractivity contribution < 1.29 is 0 Å². The summed E-state index contributed by atoms with van der Waals surface area (Å²) >= 11 is 0. The van der Waals surface area contributed by atoms with E-state index >= 15 is 0 Å². The molecule has 0 unspecified atom stereocenters. The summed E-state index contributed by atoms with van der Waals surface area (Å²) in [6, 6.07) is -0.315. The van der Waals surface area contributed by atoms with Gasteiger partial charge in [-0.2, -0.15) is 0 Å². The van der Waals surface area contributed by atoms with Crippen LogP contribution in [0, 0.1) is 10.8 Å². The fourth-order valence-corrected chi connectivity index (χ4v) is 0.240. The fraction of sp³-hybridized carbons (Fsp3) is 0.333. The van der Waals surface area contributed by atoms with Crippen LogP contribution < -0.4 is 5.73 Å². The molecule has 3 heteroatoms. The van der Waals surface area contributed by atoms with Gasteiger partial charge in [-0.25, -0.2) is 0 Å². The number of nitrogens with two attached hydrogens (primary N) is 1. The van der Waals surface area contributed by atoms with Crippen LogP contribution in [-0.4, -0.2) is 17.5 Å². The smallest absolute Gasteiger partial charge is 0.0924 e. The number of nitrogens with one attached hydrogen (secondary N) is 2. The van der Waals surface area contributed by atoms with Crippen LogP contribution in [-0.2, 0) is 0 Å². The van der Waals surface area contributed by atoms with Crippen molar-refractivity contribution in [3.63, 3.8) is 0 Å². The van der Waals surface area contributed by atoms with E-state index in [2.05, 4.69) is 0 Å². The van der Waals surface area contributed by atoms with Crippen molar-refractivity contribution in [1.29, 1.82) is 10.8 Å². The van der Waals surface area contributed by atoms with Crippen LogP contribution in [0.2, 0.25) is 0 Å². The second kappa shape index (κ2) is 0.680. The summed E-state index contributed by atoms with van der Waals surface area (Å²) in [7, 11) is 0. The van der Waals surface area contributed by atoms with Crippen LogP contribution in [0.5, 0.6) is 0 Å². The first kappa shape index (κ1) is 3.49. The van der Waals surface area contributed by atoms with E-state index in [-0.39, 0.29) is 17.5 Å². The van der Waals surface area contributed by atoms with Gasteiger partial charge in [0.1, 0.15) is 0 Å². The van der Waals surface area contributed by atoms with E-state index in [4.69, 9.17) is 16.6 Å². The molecule has 0 aromatic carbocycles. The highest BCUT2D eigenvalue weighted by Crippen LogP contribution is 2.03. The molecule has 32 valence electrons. The lowest BCUT2D eigenvalue weighted by molar-refractivity contribution is 1.23. The van der Waals surface area contributed by atoms with E-state index in [1.54, 1.807) is 0 Å². The summed E-state index contributed by atoms with van der Waals surface area (Å²) in [6.45, 7) is 0. The molecule has 0 aliphatic heterocycles. The van der Waals surface area contributed by atoms with Crippen molar-refractivity contribution in [2.24, 2.45) is 5.73 Å². The Labute approximate surface area is 35.2 Å². The molecule has 3 nitrogen and oxygen atoms in total. The molecule has 0 heterocycles. The second-order valence-corrected chi connectivity index (χ2v) is 1.31. The van der Waals surface area contributed by atoms with E-state index in [1.807, 2.05) is 0 Å². The van der Waals surface area contributed by atoms with Gasteiger partial charge in [0, 0.05) is 0 Å². The van der Waals surface area contributed by atoms with E-state index in [1.165, 1.54) is 0 Å². The van der Waals surface area contributed by atoms with Crippen molar-refractivity contribution >= 4 is 11.4 Å². The minimum Gasteiger partial charge on any atom is -0.318 e. The van der Waals surface area contributed by atoms with Crippen LogP contribution in [0.1, 0.15) is 0 Å². The summed E-state index contributed by atoms with van der Waals surface area (Å²) in [5, 5.41) is 13.3. The van der Waals surface area contributed by atoms with E-state index in [9.17, 15) is 0 Å². The van der Waals surface area contributed by atoms with Gasteiger partial charge in [-0.05, 0) is 0 Å². The Morgan fingerprint density at radius 1 is 1.33 bits per heavy atom. The van der Waals surface area contributed by atoms with Gasteiger partial charge in [0.15, 0.2) is 0 Å². The van der Waals surface area contributed by atoms with Crippen LogP contribution in [0.4, 0.5) is 0 Å².